The minimum absolute atomic E-state index is 0.159. The molecule has 0 saturated heterocycles. The van der Waals surface area contributed by atoms with E-state index in [2.05, 4.69) is 21.2 Å². The molecule has 2 aromatic carbocycles. The first-order valence-electron chi connectivity index (χ1n) is 5.75. The van der Waals surface area contributed by atoms with E-state index in [4.69, 9.17) is 5.73 Å². The standard InChI is InChI=1S/C14H11BrF2N2O/c15-9-3-1-2-8(6-9)7-19-14(20)12-10(16)4-5-11(18)13(12)17/h1-6H,7,18H2,(H,19,20). The number of hydrogen-bond acceptors (Lipinski definition) is 2. The molecule has 2 aromatic rings. The Bertz CT molecular complexity index is 662. The van der Waals surface area contributed by atoms with E-state index in [-0.39, 0.29) is 12.2 Å². The molecule has 0 bridgehead atoms. The van der Waals surface area contributed by atoms with Crippen molar-refractivity contribution >= 4 is 27.5 Å². The van der Waals surface area contributed by atoms with E-state index in [1.54, 1.807) is 18.2 Å². The van der Waals surface area contributed by atoms with Crippen molar-refractivity contribution < 1.29 is 13.6 Å². The van der Waals surface area contributed by atoms with Crippen molar-refractivity contribution in [1.29, 1.82) is 0 Å². The number of carbonyl (C=O) groups is 1. The van der Waals surface area contributed by atoms with Gasteiger partial charge >= 0.3 is 0 Å². The SMILES string of the molecule is Nc1ccc(F)c(C(=O)NCc2cccc(Br)c2)c1F. The lowest BCUT2D eigenvalue weighted by Gasteiger charge is -2.08. The number of amides is 1. The van der Waals surface area contributed by atoms with Gasteiger partial charge in [-0.2, -0.15) is 0 Å². The van der Waals surface area contributed by atoms with Crippen molar-refractivity contribution in [3.63, 3.8) is 0 Å². The molecule has 3 nitrogen and oxygen atoms in total. The van der Waals surface area contributed by atoms with Gasteiger partial charge in [0, 0.05) is 11.0 Å². The van der Waals surface area contributed by atoms with Gasteiger partial charge in [0.05, 0.1) is 5.69 Å². The van der Waals surface area contributed by atoms with Crippen molar-refractivity contribution in [1.82, 2.24) is 5.32 Å². The number of nitrogens with one attached hydrogen (secondary N) is 1. The fourth-order valence-electron chi connectivity index (χ4n) is 1.69. The summed E-state index contributed by atoms with van der Waals surface area (Å²) < 4.78 is 28.0. The number of rotatable bonds is 3. The molecule has 1 amide bonds. The van der Waals surface area contributed by atoms with E-state index in [1.807, 2.05) is 6.07 Å². The van der Waals surface area contributed by atoms with Crippen LogP contribution in [0.4, 0.5) is 14.5 Å². The van der Waals surface area contributed by atoms with Crippen LogP contribution in [0.2, 0.25) is 0 Å². The summed E-state index contributed by atoms with van der Waals surface area (Å²) in [5.41, 5.74) is 5.20. The van der Waals surface area contributed by atoms with Gasteiger partial charge in [0.15, 0.2) is 5.82 Å². The molecule has 0 atom stereocenters. The summed E-state index contributed by atoms with van der Waals surface area (Å²) in [7, 11) is 0. The van der Waals surface area contributed by atoms with Crippen LogP contribution in [0.3, 0.4) is 0 Å². The predicted octanol–water partition coefficient (Wildman–Crippen LogP) is 3.24. The summed E-state index contributed by atoms with van der Waals surface area (Å²) in [6.45, 7) is 0.159. The van der Waals surface area contributed by atoms with E-state index < -0.39 is 23.1 Å². The molecule has 20 heavy (non-hydrogen) atoms. The zero-order valence-electron chi connectivity index (χ0n) is 10.3. The van der Waals surface area contributed by atoms with Gasteiger partial charge in [0.1, 0.15) is 11.4 Å². The lowest BCUT2D eigenvalue weighted by atomic mass is 10.1. The molecule has 0 radical (unpaired) electrons. The van der Waals surface area contributed by atoms with E-state index in [0.29, 0.717) is 0 Å². The maximum absolute atomic E-state index is 13.7. The molecule has 0 unspecified atom stereocenters. The van der Waals surface area contributed by atoms with E-state index in [9.17, 15) is 13.6 Å². The average Bonchev–Trinajstić information content (AvgIpc) is 2.41. The summed E-state index contributed by atoms with van der Waals surface area (Å²) in [5.74, 6) is -2.83. The van der Waals surface area contributed by atoms with Crippen molar-refractivity contribution in [3.05, 3.63) is 63.6 Å². The smallest absolute Gasteiger partial charge is 0.257 e. The third-order valence-electron chi connectivity index (χ3n) is 2.69. The third kappa shape index (κ3) is 3.14. The van der Waals surface area contributed by atoms with Crippen molar-refractivity contribution in [2.24, 2.45) is 0 Å². The Balaban J connectivity index is 2.15. The molecule has 3 N–H and O–H groups in total. The van der Waals surface area contributed by atoms with Crippen LogP contribution in [-0.2, 0) is 6.54 Å². The molecule has 0 aliphatic heterocycles. The fraction of sp³-hybridized carbons (Fsp3) is 0.0714. The van der Waals surface area contributed by atoms with Crippen LogP contribution in [0.1, 0.15) is 15.9 Å². The zero-order chi connectivity index (χ0) is 14.7. The van der Waals surface area contributed by atoms with Gasteiger partial charge in [-0.1, -0.05) is 28.1 Å². The number of halogens is 3. The first-order valence-corrected chi connectivity index (χ1v) is 6.54. The lowest BCUT2D eigenvalue weighted by Crippen LogP contribution is -2.25. The number of benzene rings is 2. The highest BCUT2D eigenvalue weighted by molar-refractivity contribution is 9.10. The summed E-state index contributed by atoms with van der Waals surface area (Å²) in [4.78, 5) is 11.8. The Labute approximate surface area is 122 Å². The Hall–Kier alpha value is -1.95. The lowest BCUT2D eigenvalue weighted by molar-refractivity contribution is 0.0942. The fourth-order valence-corrected chi connectivity index (χ4v) is 2.14. The Morgan fingerprint density at radius 3 is 2.70 bits per heavy atom. The van der Waals surface area contributed by atoms with Crippen molar-refractivity contribution in [2.75, 3.05) is 5.73 Å². The van der Waals surface area contributed by atoms with Gasteiger partial charge in [0.25, 0.3) is 5.91 Å². The minimum atomic E-state index is -1.04. The molecular formula is C14H11BrF2N2O. The highest BCUT2D eigenvalue weighted by Crippen LogP contribution is 2.18. The van der Waals surface area contributed by atoms with Gasteiger partial charge in [-0.3, -0.25) is 4.79 Å². The van der Waals surface area contributed by atoms with Gasteiger partial charge in [-0.05, 0) is 29.8 Å². The molecule has 0 spiro atoms. The van der Waals surface area contributed by atoms with Crippen LogP contribution in [0.15, 0.2) is 40.9 Å². The molecular weight excluding hydrogens is 330 g/mol. The van der Waals surface area contributed by atoms with Crippen LogP contribution in [0.25, 0.3) is 0 Å². The van der Waals surface area contributed by atoms with Crippen molar-refractivity contribution in [2.45, 2.75) is 6.54 Å². The summed E-state index contributed by atoms with van der Waals surface area (Å²) in [5, 5.41) is 2.46. The highest BCUT2D eigenvalue weighted by atomic mass is 79.9. The Morgan fingerprint density at radius 2 is 2.00 bits per heavy atom. The Kier molecular flexibility index (Phi) is 4.34. The molecule has 0 fully saturated rings. The van der Waals surface area contributed by atoms with Gasteiger partial charge < -0.3 is 11.1 Å². The molecule has 0 saturated carbocycles. The second kappa shape index (κ2) is 6.00. The first kappa shape index (κ1) is 14.5. The number of nitrogen functional groups attached to an aromatic ring is 1. The normalized spacial score (nSPS) is 10.3. The van der Waals surface area contributed by atoms with E-state index >= 15 is 0 Å². The van der Waals surface area contributed by atoms with Gasteiger partial charge in [-0.25, -0.2) is 8.78 Å². The number of hydrogen-bond donors (Lipinski definition) is 2. The molecule has 0 aliphatic rings. The second-order valence-corrected chi connectivity index (χ2v) is 5.05. The Morgan fingerprint density at radius 1 is 1.25 bits per heavy atom. The molecule has 0 heterocycles. The summed E-state index contributed by atoms with van der Waals surface area (Å²) in [6.07, 6.45) is 0. The van der Waals surface area contributed by atoms with Crippen molar-refractivity contribution in [3.8, 4) is 0 Å². The topological polar surface area (TPSA) is 55.1 Å². The molecule has 2 rings (SSSR count). The van der Waals surface area contributed by atoms with Crippen LogP contribution in [0.5, 0.6) is 0 Å². The maximum Gasteiger partial charge on any atom is 0.257 e. The largest absolute Gasteiger partial charge is 0.396 e. The minimum Gasteiger partial charge on any atom is -0.396 e. The average molecular weight is 341 g/mol. The van der Waals surface area contributed by atoms with Crippen LogP contribution >= 0.6 is 15.9 Å². The molecule has 6 heteroatoms. The highest BCUT2D eigenvalue weighted by Gasteiger charge is 2.19. The monoisotopic (exact) mass is 340 g/mol. The quantitative estimate of drug-likeness (QED) is 0.842. The number of carbonyl (C=O) groups excluding carboxylic acids is 1. The molecule has 0 aliphatic carbocycles. The van der Waals surface area contributed by atoms with Gasteiger partial charge in [0.2, 0.25) is 0 Å². The second-order valence-electron chi connectivity index (χ2n) is 4.14. The molecule has 0 aromatic heterocycles. The van der Waals surface area contributed by atoms with E-state index in [1.165, 1.54) is 0 Å². The first-order chi connectivity index (χ1) is 9.49. The van der Waals surface area contributed by atoms with Crippen LogP contribution < -0.4 is 11.1 Å². The summed E-state index contributed by atoms with van der Waals surface area (Å²) >= 11 is 3.30. The van der Waals surface area contributed by atoms with Crippen LogP contribution in [-0.4, -0.2) is 5.91 Å². The van der Waals surface area contributed by atoms with Gasteiger partial charge in [-0.15, -0.1) is 0 Å². The maximum atomic E-state index is 13.7. The summed E-state index contributed by atoms with van der Waals surface area (Å²) in [6, 6.07) is 9.27. The van der Waals surface area contributed by atoms with Crippen LogP contribution in [0, 0.1) is 11.6 Å². The zero-order valence-corrected chi connectivity index (χ0v) is 11.9. The number of anilines is 1. The molecule has 104 valence electrons. The van der Waals surface area contributed by atoms with E-state index in [0.717, 1.165) is 22.2 Å². The third-order valence-corrected chi connectivity index (χ3v) is 3.18. The predicted molar refractivity (Wildman–Crippen MR) is 76.1 cm³/mol. The number of nitrogens with two attached hydrogens (primary N) is 1.